The van der Waals surface area contributed by atoms with Gasteiger partial charge in [0.1, 0.15) is 0 Å². The van der Waals surface area contributed by atoms with E-state index in [4.69, 9.17) is 0 Å². The lowest BCUT2D eigenvalue weighted by atomic mass is 9.99. The Morgan fingerprint density at radius 3 is 2.85 bits per heavy atom. The van der Waals surface area contributed by atoms with Crippen molar-refractivity contribution in [3.05, 3.63) is 12.2 Å². The third-order valence-corrected chi connectivity index (χ3v) is 2.73. The summed E-state index contributed by atoms with van der Waals surface area (Å²) >= 11 is 0. The average molecular weight is 180 g/mol. The lowest BCUT2D eigenvalue weighted by molar-refractivity contribution is -0.126. The SMILES string of the molecule is O=C(NC1C=CCCC1)C1CNC1. The largest absolute Gasteiger partial charge is 0.350 e. The number of allylic oxidation sites excluding steroid dienone is 1. The number of nitrogens with one attached hydrogen (secondary N) is 2. The highest BCUT2D eigenvalue weighted by atomic mass is 16.2. The molecule has 1 aliphatic carbocycles. The zero-order valence-corrected chi connectivity index (χ0v) is 7.75. The average Bonchev–Trinajstić information content (AvgIpc) is 2.02. The monoisotopic (exact) mass is 180 g/mol. The minimum absolute atomic E-state index is 0.218. The van der Waals surface area contributed by atoms with Gasteiger partial charge in [-0.15, -0.1) is 0 Å². The minimum Gasteiger partial charge on any atom is -0.350 e. The quantitative estimate of drug-likeness (QED) is 0.605. The van der Waals surface area contributed by atoms with Crippen LogP contribution in [0.5, 0.6) is 0 Å². The Morgan fingerprint density at radius 2 is 2.31 bits per heavy atom. The maximum Gasteiger partial charge on any atom is 0.226 e. The van der Waals surface area contributed by atoms with Crippen molar-refractivity contribution in [2.75, 3.05) is 13.1 Å². The summed E-state index contributed by atoms with van der Waals surface area (Å²) in [5.41, 5.74) is 0. The van der Waals surface area contributed by atoms with E-state index in [1.165, 1.54) is 6.42 Å². The molecule has 13 heavy (non-hydrogen) atoms. The van der Waals surface area contributed by atoms with Gasteiger partial charge in [0.2, 0.25) is 5.91 Å². The highest BCUT2D eigenvalue weighted by Gasteiger charge is 2.26. The molecular formula is C10H16N2O. The van der Waals surface area contributed by atoms with Gasteiger partial charge >= 0.3 is 0 Å². The van der Waals surface area contributed by atoms with Crippen LogP contribution in [0.4, 0.5) is 0 Å². The number of amides is 1. The van der Waals surface area contributed by atoms with Gasteiger partial charge in [-0.05, 0) is 19.3 Å². The second-order valence-electron chi connectivity index (χ2n) is 3.83. The van der Waals surface area contributed by atoms with Crippen LogP contribution >= 0.6 is 0 Å². The van der Waals surface area contributed by atoms with Crippen molar-refractivity contribution in [1.29, 1.82) is 0 Å². The van der Waals surface area contributed by atoms with Crippen molar-refractivity contribution in [1.82, 2.24) is 10.6 Å². The van der Waals surface area contributed by atoms with E-state index in [0.29, 0.717) is 6.04 Å². The summed E-state index contributed by atoms with van der Waals surface area (Å²) in [6, 6.07) is 0.293. The second-order valence-corrected chi connectivity index (χ2v) is 3.83. The molecule has 1 saturated heterocycles. The fourth-order valence-electron chi connectivity index (χ4n) is 1.71. The molecule has 3 heteroatoms. The molecule has 2 rings (SSSR count). The van der Waals surface area contributed by atoms with Crippen LogP contribution in [-0.2, 0) is 4.79 Å². The number of carbonyl (C=O) groups excluding carboxylic acids is 1. The zero-order chi connectivity index (χ0) is 9.10. The Labute approximate surface area is 78.6 Å². The van der Waals surface area contributed by atoms with Gasteiger partial charge < -0.3 is 10.6 Å². The predicted octanol–water partition coefficient (Wildman–Crippen LogP) is 0.431. The smallest absolute Gasteiger partial charge is 0.226 e. The van der Waals surface area contributed by atoms with Crippen molar-refractivity contribution < 1.29 is 4.79 Å². The first-order chi connectivity index (χ1) is 6.36. The molecule has 0 aromatic rings. The molecule has 1 amide bonds. The summed E-state index contributed by atoms with van der Waals surface area (Å²) in [4.78, 5) is 11.5. The summed E-state index contributed by atoms with van der Waals surface area (Å²) in [6.07, 6.45) is 7.74. The molecule has 1 atom stereocenters. The first kappa shape index (κ1) is 8.75. The summed E-state index contributed by atoms with van der Waals surface area (Å²) in [5, 5.41) is 6.16. The van der Waals surface area contributed by atoms with Crippen LogP contribution in [0.1, 0.15) is 19.3 Å². The highest BCUT2D eigenvalue weighted by molar-refractivity contribution is 5.80. The maximum atomic E-state index is 11.5. The molecule has 1 fully saturated rings. The molecule has 0 aromatic heterocycles. The summed E-state index contributed by atoms with van der Waals surface area (Å²) < 4.78 is 0. The number of carbonyl (C=O) groups is 1. The Balaban J connectivity index is 1.78. The van der Waals surface area contributed by atoms with E-state index in [0.717, 1.165) is 25.9 Å². The number of rotatable bonds is 2. The zero-order valence-electron chi connectivity index (χ0n) is 7.75. The lowest BCUT2D eigenvalue weighted by Crippen LogP contribution is -2.52. The molecule has 2 N–H and O–H groups in total. The Kier molecular flexibility index (Phi) is 2.64. The first-order valence-electron chi connectivity index (χ1n) is 5.04. The van der Waals surface area contributed by atoms with E-state index < -0.39 is 0 Å². The van der Waals surface area contributed by atoms with Crippen LogP contribution in [-0.4, -0.2) is 25.0 Å². The molecule has 1 heterocycles. The van der Waals surface area contributed by atoms with Crippen LogP contribution in [0.3, 0.4) is 0 Å². The van der Waals surface area contributed by atoms with Crippen LogP contribution < -0.4 is 10.6 Å². The van der Waals surface area contributed by atoms with Gasteiger partial charge in [0, 0.05) is 19.1 Å². The molecule has 0 spiro atoms. The molecule has 1 unspecified atom stereocenters. The fourth-order valence-corrected chi connectivity index (χ4v) is 1.71. The van der Waals surface area contributed by atoms with Gasteiger partial charge in [0.15, 0.2) is 0 Å². The third-order valence-electron chi connectivity index (χ3n) is 2.73. The standard InChI is InChI=1S/C10H16N2O/c13-10(8-6-11-7-8)12-9-4-2-1-3-5-9/h2,4,8-9,11H,1,3,5-7H2,(H,12,13). The third kappa shape index (κ3) is 2.10. The van der Waals surface area contributed by atoms with Crippen LogP contribution in [0.25, 0.3) is 0 Å². The molecule has 0 bridgehead atoms. The molecule has 0 saturated carbocycles. The van der Waals surface area contributed by atoms with Gasteiger partial charge in [-0.2, -0.15) is 0 Å². The van der Waals surface area contributed by atoms with Gasteiger partial charge in [0.05, 0.1) is 5.92 Å². The second kappa shape index (κ2) is 3.92. The Hall–Kier alpha value is -0.830. The van der Waals surface area contributed by atoms with Crippen LogP contribution in [0, 0.1) is 5.92 Å². The lowest BCUT2D eigenvalue weighted by Gasteiger charge is -2.28. The van der Waals surface area contributed by atoms with Crippen molar-refractivity contribution in [3.63, 3.8) is 0 Å². The summed E-state index contributed by atoms with van der Waals surface area (Å²) in [5.74, 6) is 0.436. The summed E-state index contributed by atoms with van der Waals surface area (Å²) in [7, 11) is 0. The van der Waals surface area contributed by atoms with Gasteiger partial charge in [0.25, 0.3) is 0 Å². The normalized spacial score (nSPS) is 28.2. The molecule has 3 nitrogen and oxygen atoms in total. The van der Waals surface area contributed by atoms with E-state index >= 15 is 0 Å². The predicted molar refractivity (Wildman–Crippen MR) is 51.3 cm³/mol. The van der Waals surface area contributed by atoms with Crippen LogP contribution in [0.15, 0.2) is 12.2 Å². The van der Waals surface area contributed by atoms with Crippen molar-refractivity contribution in [3.8, 4) is 0 Å². The maximum absolute atomic E-state index is 11.5. The van der Waals surface area contributed by atoms with E-state index in [2.05, 4.69) is 22.8 Å². The van der Waals surface area contributed by atoms with Gasteiger partial charge in [-0.3, -0.25) is 4.79 Å². The van der Waals surface area contributed by atoms with E-state index in [-0.39, 0.29) is 11.8 Å². The topological polar surface area (TPSA) is 41.1 Å². The number of hydrogen-bond donors (Lipinski definition) is 2. The van der Waals surface area contributed by atoms with E-state index in [9.17, 15) is 4.79 Å². The van der Waals surface area contributed by atoms with Gasteiger partial charge in [-0.1, -0.05) is 12.2 Å². The molecule has 72 valence electrons. The van der Waals surface area contributed by atoms with Crippen molar-refractivity contribution in [2.24, 2.45) is 5.92 Å². The van der Waals surface area contributed by atoms with Crippen molar-refractivity contribution >= 4 is 5.91 Å². The Bertz CT molecular complexity index is 221. The van der Waals surface area contributed by atoms with E-state index in [1.54, 1.807) is 0 Å². The van der Waals surface area contributed by atoms with Gasteiger partial charge in [-0.25, -0.2) is 0 Å². The number of hydrogen-bond acceptors (Lipinski definition) is 2. The molecule has 0 radical (unpaired) electrons. The molecular weight excluding hydrogens is 164 g/mol. The van der Waals surface area contributed by atoms with E-state index in [1.807, 2.05) is 0 Å². The highest BCUT2D eigenvalue weighted by Crippen LogP contribution is 2.11. The molecule has 1 aliphatic heterocycles. The molecule has 0 aromatic carbocycles. The van der Waals surface area contributed by atoms with Crippen molar-refractivity contribution in [2.45, 2.75) is 25.3 Å². The summed E-state index contributed by atoms with van der Waals surface area (Å²) in [6.45, 7) is 1.70. The minimum atomic E-state index is 0.218. The molecule has 2 aliphatic rings. The first-order valence-corrected chi connectivity index (χ1v) is 5.04. The van der Waals surface area contributed by atoms with Crippen LogP contribution in [0.2, 0.25) is 0 Å². The Morgan fingerprint density at radius 1 is 1.46 bits per heavy atom. The fraction of sp³-hybridized carbons (Fsp3) is 0.700.